The molecular formula is C24H26N2O8. The number of benzene rings is 2. The Labute approximate surface area is 196 Å². The van der Waals surface area contributed by atoms with Crippen molar-refractivity contribution in [2.75, 3.05) is 44.2 Å². The van der Waals surface area contributed by atoms with Gasteiger partial charge in [0, 0.05) is 24.7 Å². The Kier molecular flexibility index (Phi) is 8.07. The summed E-state index contributed by atoms with van der Waals surface area (Å²) in [6.45, 7) is 1.59. The van der Waals surface area contributed by atoms with Crippen LogP contribution in [-0.4, -0.2) is 57.7 Å². The van der Waals surface area contributed by atoms with E-state index < -0.39 is 30.4 Å². The van der Waals surface area contributed by atoms with Gasteiger partial charge in [-0.05, 0) is 43.3 Å². The molecule has 0 aliphatic carbocycles. The molecule has 0 unspecified atom stereocenters. The molecule has 34 heavy (non-hydrogen) atoms. The Hall–Kier alpha value is -4.08. The van der Waals surface area contributed by atoms with Crippen molar-refractivity contribution in [3.05, 3.63) is 48.0 Å². The van der Waals surface area contributed by atoms with Crippen LogP contribution in [0.1, 0.15) is 23.7 Å². The number of methoxy groups -OCH3 is 2. The van der Waals surface area contributed by atoms with Gasteiger partial charge in [-0.15, -0.1) is 0 Å². The number of hydrogen-bond acceptors (Lipinski definition) is 8. The average molecular weight is 470 g/mol. The highest BCUT2D eigenvalue weighted by atomic mass is 16.5. The number of nitrogens with zero attached hydrogens (tertiary/aromatic N) is 1. The van der Waals surface area contributed by atoms with Crippen molar-refractivity contribution in [3.63, 3.8) is 0 Å². The lowest BCUT2D eigenvalue weighted by molar-refractivity contribution is -0.151. The van der Waals surface area contributed by atoms with Crippen LogP contribution in [-0.2, 0) is 23.9 Å². The van der Waals surface area contributed by atoms with Crippen molar-refractivity contribution in [1.82, 2.24) is 0 Å². The molecule has 0 radical (unpaired) electrons. The van der Waals surface area contributed by atoms with Crippen LogP contribution in [0, 0.1) is 5.92 Å². The van der Waals surface area contributed by atoms with E-state index in [9.17, 15) is 19.2 Å². The molecule has 2 aromatic rings. The summed E-state index contributed by atoms with van der Waals surface area (Å²) in [5.74, 6) is -1.65. The quantitative estimate of drug-likeness (QED) is 0.555. The van der Waals surface area contributed by atoms with E-state index in [0.717, 1.165) is 0 Å². The Morgan fingerprint density at radius 3 is 2.41 bits per heavy atom. The van der Waals surface area contributed by atoms with Crippen LogP contribution in [0.2, 0.25) is 0 Å². The van der Waals surface area contributed by atoms with Gasteiger partial charge >= 0.3 is 11.9 Å². The maximum Gasteiger partial charge on any atom is 0.338 e. The Morgan fingerprint density at radius 1 is 1.03 bits per heavy atom. The first-order valence-corrected chi connectivity index (χ1v) is 10.6. The van der Waals surface area contributed by atoms with Gasteiger partial charge in [-0.25, -0.2) is 4.79 Å². The Bertz CT molecular complexity index is 1070. The molecule has 0 spiro atoms. The average Bonchev–Trinajstić information content (AvgIpc) is 3.24. The predicted octanol–water partition coefficient (Wildman–Crippen LogP) is 2.42. The molecule has 1 fully saturated rings. The third kappa shape index (κ3) is 5.83. The second-order valence-electron chi connectivity index (χ2n) is 7.39. The number of carbonyl (C=O) groups is 4. The van der Waals surface area contributed by atoms with Gasteiger partial charge < -0.3 is 29.2 Å². The monoisotopic (exact) mass is 470 g/mol. The van der Waals surface area contributed by atoms with E-state index in [0.29, 0.717) is 28.4 Å². The molecular weight excluding hydrogens is 444 g/mol. The van der Waals surface area contributed by atoms with Gasteiger partial charge in [0.2, 0.25) is 5.91 Å². The molecule has 1 N–H and O–H groups in total. The fourth-order valence-corrected chi connectivity index (χ4v) is 3.45. The first-order valence-electron chi connectivity index (χ1n) is 10.6. The third-order valence-electron chi connectivity index (χ3n) is 5.18. The van der Waals surface area contributed by atoms with Crippen LogP contribution < -0.4 is 19.7 Å². The molecule has 1 atom stereocenters. The molecule has 180 valence electrons. The lowest BCUT2D eigenvalue weighted by atomic mass is 10.1. The van der Waals surface area contributed by atoms with E-state index >= 15 is 0 Å². The van der Waals surface area contributed by atoms with Crippen LogP contribution in [0.15, 0.2) is 42.5 Å². The minimum Gasteiger partial charge on any atom is -0.497 e. The SMILES string of the molecule is CCOC(=O)c1ccc(N2C[C@H](C(=O)OCC(=O)Nc3ccc(OC)cc3OC)CC2=O)cc1. The number of amides is 2. The van der Waals surface area contributed by atoms with Gasteiger partial charge in [0.15, 0.2) is 6.61 Å². The zero-order chi connectivity index (χ0) is 24.7. The second-order valence-corrected chi connectivity index (χ2v) is 7.39. The summed E-state index contributed by atoms with van der Waals surface area (Å²) in [5, 5.41) is 2.61. The van der Waals surface area contributed by atoms with Crippen LogP contribution in [0.4, 0.5) is 11.4 Å². The summed E-state index contributed by atoms with van der Waals surface area (Å²) in [6, 6.07) is 11.2. The standard InChI is InChI=1S/C24H26N2O8/c1-4-33-23(29)15-5-7-17(8-6-15)26-13-16(11-22(26)28)24(30)34-14-21(27)25-19-10-9-18(31-2)12-20(19)32-3/h5-10,12,16H,4,11,13-14H2,1-3H3,(H,25,27)/t16-/m1/s1. The van der Waals surface area contributed by atoms with Gasteiger partial charge in [0.05, 0.1) is 38.0 Å². The number of esters is 2. The normalized spacial score (nSPS) is 15.0. The van der Waals surface area contributed by atoms with Crippen molar-refractivity contribution >= 4 is 35.1 Å². The third-order valence-corrected chi connectivity index (χ3v) is 5.18. The van der Waals surface area contributed by atoms with E-state index in [1.54, 1.807) is 49.4 Å². The lowest BCUT2D eigenvalue weighted by Crippen LogP contribution is -2.28. The van der Waals surface area contributed by atoms with Crippen molar-refractivity contribution in [3.8, 4) is 11.5 Å². The fraction of sp³-hybridized carbons (Fsp3) is 0.333. The number of anilines is 2. The van der Waals surface area contributed by atoms with E-state index in [2.05, 4.69) is 5.32 Å². The summed E-state index contributed by atoms with van der Waals surface area (Å²) in [7, 11) is 2.97. The van der Waals surface area contributed by atoms with E-state index in [4.69, 9.17) is 18.9 Å². The maximum absolute atomic E-state index is 12.5. The molecule has 1 aliphatic rings. The lowest BCUT2D eigenvalue weighted by Gasteiger charge is -2.17. The van der Waals surface area contributed by atoms with Gasteiger partial charge in [-0.1, -0.05) is 0 Å². The Morgan fingerprint density at radius 2 is 1.76 bits per heavy atom. The number of nitrogens with one attached hydrogen (secondary N) is 1. The molecule has 2 aromatic carbocycles. The van der Waals surface area contributed by atoms with Gasteiger partial charge in [-0.2, -0.15) is 0 Å². The molecule has 10 heteroatoms. The first kappa shape index (κ1) is 24.6. The second kappa shape index (κ2) is 11.2. The summed E-state index contributed by atoms with van der Waals surface area (Å²) in [6.07, 6.45) is -0.0353. The van der Waals surface area contributed by atoms with Gasteiger partial charge in [0.25, 0.3) is 5.91 Å². The zero-order valence-electron chi connectivity index (χ0n) is 19.2. The summed E-state index contributed by atoms with van der Waals surface area (Å²) < 4.78 is 20.4. The van der Waals surface area contributed by atoms with Crippen LogP contribution in [0.3, 0.4) is 0 Å². The molecule has 3 rings (SSSR count). The number of carbonyl (C=O) groups excluding carboxylic acids is 4. The minimum absolute atomic E-state index is 0.0353. The van der Waals surface area contributed by atoms with Crippen LogP contribution >= 0.6 is 0 Å². The number of hydrogen-bond donors (Lipinski definition) is 1. The number of ether oxygens (including phenoxy) is 4. The molecule has 0 saturated carbocycles. The first-order chi connectivity index (χ1) is 16.4. The molecule has 1 saturated heterocycles. The predicted molar refractivity (Wildman–Crippen MR) is 122 cm³/mol. The Balaban J connectivity index is 1.54. The van der Waals surface area contributed by atoms with Crippen molar-refractivity contribution < 1.29 is 38.1 Å². The highest BCUT2D eigenvalue weighted by Gasteiger charge is 2.36. The van der Waals surface area contributed by atoms with Crippen molar-refractivity contribution in [2.24, 2.45) is 5.92 Å². The molecule has 10 nitrogen and oxygen atoms in total. The molecule has 1 heterocycles. The van der Waals surface area contributed by atoms with Crippen LogP contribution in [0.5, 0.6) is 11.5 Å². The summed E-state index contributed by atoms with van der Waals surface area (Å²) in [4.78, 5) is 50.4. The minimum atomic E-state index is -0.708. The molecule has 2 amide bonds. The highest BCUT2D eigenvalue weighted by molar-refractivity contribution is 6.00. The van der Waals surface area contributed by atoms with Crippen molar-refractivity contribution in [1.29, 1.82) is 0 Å². The smallest absolute Gasteiger partial charge is 0.338 e. The largest absolute Gasteiger partial charge is 0.497 e. The number of rotatable bonds is 9. The van der Waals surface area contributed by atoms with Crippen LogP contribution in [0.25, 0.3) is 0 Å². The molecule has 0 aromatic heterocycles. The van der Waals surface area contributed by atoms with Gasteiger partial charge in [0.1, 0.15) is 11.5 Å². The van der Waals surface area contributed by atoms with E-state index in [1.807, 2.05) is 0 Å². The molecule has 0 bridgehead atoms. The maximum atomic E-state index is 12.5. The summed E-state index contributed by atoms with van der Waals surface area (Å²) in [5.41, 5.74) is 1.32. The van der Waals surface area contributed by atoms with E-state index in [-0.39, 0.29) is 25.5 Å². The zero-order valence-corrected chi connectivity index (χ0v) is 19.2. The highest BCUT2D eigenvalue weighted by Crippen LogP contribution is 2.29. The molecule has 1 aliphatic heterocycles. The van der Waals surface area contributed by atoms with Gasteiger partial charge in [-0.3, -0.25) is 14.4 Å². The topological polar surface area (TPSA) is 120 Å². The summed E-state index contributed by atoms with van der Waals surface area (Å²) >= 11 is 0. The van der Waals surface area contributed by atoms with Crippen molar-refractivity contribution in [2.45, 2.75) is 13.3 Å². The fourth-order valence-electron chi connectivity index (χ4n) is 3.45. The van der Waals surface area contributed by atoms with E-state index in [1.165, 1.54) is 19.1 Å².